The van der Waals surface area contributed by atoms with Crippen LogP contribution in [0.1, 0.15) is 6.92 Å². The Morgan fingerprint density at radius 3 is 2.46 bits per heavy atom. The van der Waals surface area contributed by atoms with Gasteiger partial charge >= 0.3 is 0 Å². The number of Topliss-reactive ketones (excluding diaryl/α,β-unsaturated/α-hetero) is 1. The van der Waals surface area contributed by atoms with E-state index in [1.54, 1.807) is 6.07 Å². The van der Waals surface area contributed by atoms with Gasteiger partial charge in [-0.05, 0) is 12.1 Å². The van der Waals surface area contributed by atoms with Crippen molar-refractivity contribution in [1.82, 2.24) is 4.98 Å². The summed E-state index contributed by atoms with van der Waals surface area (Å²) in [5.41, 5.74) is 5.16. The summed E-state index contributed by atoms with van der Waals surface area (Å²) in [7, 11) is 0. The van der Waals surface area contributed by atoms with Crippen LogP contribution in [0, 0.1) is 0 Å². The van der Waals surface area contributed by atoms with E-state index in [9.17, 15) is 4.79 Å². The minimum Gasteiger partial charge on any atom is -0.504 e. The number of aromatic hydroxyl groups is 1. The van der Waals surface area contributed by atoms with E-state index in [1.807, 2.05) is 0 Å². The molecule has 0 fully saturated rings. The minimum atomic E-state index is -0.426. The molecule has 0 aromatic carbocycles. The number of anilines is 1. The van der Waals surface area contributed by atoms with E-state index in [0.29, 0.717) is 0 Å². The molecule has 0 radical (unpaired) electrons. The number of ketones is 1. The Morgan fingerprint density at radius 2 is 2.23 bits per heavy atom. The van der Waals surface area contributed by atoms with Gasteiger partial charge in [-0.15, -0.1) is 0 Å². The molecule has 0 bridgehead atoms. The molecule has 0 unspecified atom stereocenters. The number of hydrogen-bond acceptors (Lipinski definition) is 5. The molecule has 0 saturated carbocycles. The number of nitrogens with zero attached hydrogens (tertiary/aromatic N) is 1. The highest BCUT2D eigenvalue weighted by Gasteiger charge is 1.89. The first kappa shape index (κ1) is 11.1. The predicted molar refractivity (Wildman–Crippen MR) is 47.1 cm³/mol. The lowest BCUT2D eigenvalue weighted by Crippen LogP contribution is -1.87. The first-order chi connectivity index (χ1) is 6.07. The van der Waals surface area contributed by atoms with Crippen molar-refractivity contribution in [2.45, 2.75) is 6.92 Å². The normalized spacial score (nSPS) is 8.08. The Morgan fingerprint density at radius 1 is 1.69 bits per heavy atom. The van der Waals surface area contributed by atoms with Crippen molar-refractivity contribution in [2.75, 3.05) is 5.73 Å². The Bertz CT molecular complexity index is 278. The van der Waals surface area contributed by atoms with Crippen LogP contribution in [0.3, 0.4) is 0 Å². The second kappa shape index (κ2) is 5.70. The number of nitrogen functional groups attached to an aromatic ring is 1. The summed E-state index contributed by atoms with van der Waals surface area (Å²) in [4.78, 5) is 22.2. The third-order valence-corrected chi connectivity index (χ3v) is 0.982. The molecule has 0 aliphatic heterocycles. The Balaban J connectivity index is 0.000000252. The van der Waals surface area contributed by atoms with Gasteiger partial charge in [-0.2, -0.15) is 0 Å². The van der Waals surface area contributed by atoms with Gasteiger partial charge in [0.2, 0.25) is 0 Å². The maximum absolute atomic E-state index is 9.44. The van der Waals surface area contributed by atoms with Crippen molar-refractivity contribution in [3.63, 3.8) is 0 Å². The van der Waals surface area contributed by atoms with E-state index in [2.05, 4.69) is 4.98 Å². The van der Waals surface area contributed by atoms with Gasteiger partial charge in [0.15, 0.2) is 23.6 Å². The minimum absolute atomic E-state index is 0.0347. The van der Waals surface area contributed by atoms with Gasteiger partial charge < -0.3 is 10.8 Å². The highest BCUT2D eigenvalue weighted by molar-refractivity contribution is 6.23. The quantitative estimate of drug-likeness (QED) is 0.476. The number of hydrogen-bond donors (Lipinski definition) is 2. The zero-order chi connectivity index (χ0) is 10.3. The highest BCUT2D eigenvalue weighted by atomic mass is 16.3. The van der Waals surface area contributed by atoms with Gasteiger partial charge in [0.1, 0.15) is 0 Å². The molecule has 0 saturated heterocycles. The molecular weight excluding hydrogens is 172 g/mol. The zero-order valence-corrected chi connectivity index (χ0v) is 7.10. The zero-order valence-electron chi connectivity index (χ0n) is 7.10. The Hall–Kier alpha value is -1.91. The summed E-state index contributed by atoms with van der Waals surface area (Å²) in [6.45, 7) is 1.22. The molecule has 1 aromatic heterocycles. The molecule has 70 valence electrons. The molecule has 0 aliphatic carbocycles. The fourth-order valence-electron chi connectivity index (χ4n) is 0.409. The summed E-state index contributed by atoms with van der Waals surface area (Å²) >= 11 is 0. The average Bonchev–Trinajstić information content (AvgIpc) is 2.11. The van der Waals surface area contributed by atoms with Crippen LogP contribution in [0.5, 0.6) is 5.75 Å². The summed E-state index contributed by atoms with van der Waals surface area (Å²) in [6.07, 6.45) is 1.80. The Kier molecular flexibility index (Phi) is 4.87. The van der Waals surface area contributed by atoms with E-state index < -0.39 is 5.78 Å². The summed E-state index contributed by atoms with van der Waals surface area (Å²) in [6, 6.07) is 3.11. The van der Waals surface area contributed by atoms with Crippen molar-refractivity contribution in [1.29, 1.82) is 0 Å². The van der Waals surface area contributed by atoms with Crippen LogP contribution < -0.4 is 5.73 Å². The van der Waals surface area contributed by atoms with E-state index >= 15 is 0 Å². The lowest BCUT2D eigenvalue weighted by atomic mass is 10.4. The van der Waals surface area contributed by atoms with Gasteiger partial charge in [0.05, 0.1) is 0 Å². The largest absolute Gasteiger partial charge is 0.504 e. The van der Waals surface area contributed by atoms with Gasteiger partial charge in [-0.1, -0.05) is 0 Å². The maximum atomic E-state index is 9.44. The van der Waals surface area contributed by atoms with Crippen molar-refractivity contribution < 1.29 is 14.7 Å². The van der Waals surface area contributed by atoms with Crippen molar-refractivity contribution in [2.24, 2.45) is 0 Å². The van der Waals surface area contributed by atoms with Crippen molar-refractivity contribution in [3.05, 3.63) is 18.3 Å². The highest BCUT2D eigenvalue weighted by Crippen LogP contribution is 2.12. The third-order valence-electron chi connectivity index (χ3n) is 0.982. The number of carbonyl (C=O) groups excluding carboxylic acids is 2. The Labute approximate surface area is 75.2 Å². The van der Waals surface area contributed by atoms with Gasteiger partial charge in [0.25, 0.3) is 0 Å². The number of nitrogens with two attached hydrogens (primary N) is 1. The number of pyridine rings is 1. The van der Waals surface area contributed by atoms with Crippen LogP contribution in [0.15, 0.2) is 18.3 Å². The number of rotatable bonds is 1. The monoisotopic (exact) mass is 182 g/mol. The molecule has 0 atom stereocenters. The predicted octanol–water partition coefficient (Wildman–Crippen LogP) is 0.144. The first-order valence-corrected chi connectivity index (χ1v) is 3.43. The number of carbonyl (C=O) groups is 2. The topological polar surface area (TPSA) is 93.3 Å². The lowest BCUT2D eigenvalue weighted by Gasteiger charge is -1.91. The van der Waals surface area contributed by atoms with E-state index in [4.69, 9.17) is 15.6 Å². The fourth-order valence-corrected chi connectivity index (χ4v) is 0.409. The second-order valence-corrected chi connectivity index (χ2v) is 2.14. The molecule has 3 N–H and O–H groups in total. The van der Waals surface area contributed by atoms with Crippen LogP contribution >= 0.6 is 0 Å². The standard InChI is InChI=1S/C5H6N2O.C3H4O2/c6-5-4(8)2-1-3-7-5;1-3(5)2-4/h1-3,8H,(H2,6,7);2H,1H3. The molecule has 0 aliphatic rings. The summed E-state index contributed by atoms with van der Waals surface area (Å²) < 4.78 is 0. The van der Waals surface area contributed by atoms with Crippen LogP contribution in [0.4, 0.5) is 5.82 Å². The van der Waals surface area contributed by atoms with Gasteiger partial charge in [-0.25, -0.2) is 4.98 Å². The first-order valence-electron chi connectivity index (χ1n) is 3.43. The molecule has 0 spiro atoms. The lowest BCUT2D eigenvalue weighted by molar-refractivity contribution is -0.128. The number of aldehydes is 1. The van der Waals surface area contributed by atoms with Gasteiger partial charge in [-0.3, -0.25) is 9.59 Å². The summed E-state index contributed by atoms with van der Waals surface area (Å²) in [5, 5.41) is 8.73. The third kappa shape index (κ3) is 5.37. The van der Waals surface area contributed by atoms with E-state index in [-0.39, 0.29) is 17.9 Å². The molecule has 0 amide bonds. The molecule has 1 aromatic rings. The second-order valence-electron chi connectivity index (χ2n) is 2.14. The molecule has 1 heterocycles. The van der Waals surface area contributed by atoms with Crippen molar-refractivity contribution >= 4 is 17.9 Å². The summed E-state index contributed by atoms with van der Waals surface area (Å²) in [5.74, 6) is -0.218. The van der Waals surface area contributed by atoms with Crippen LogP contribution in [-0.4, -0.2) is 22.2 Å². The fraction of sp³-hybridized carbons (Fsp3) is 0.125. The number of aromatic nitrogens is 1. The van der Waals surface area contributed by atoms with E-state index in [0.717, 1.165) is 0 Å². The van der Waals surface area contributed by atoms with Crippen LogP contribution in [0.2, 0.25) is 0 Å². The molecule has 5 nitrogen and oxygen atoms in total. The van der Waals surface area contributed by atoms with Gasteiger partial charge in [0, 0.05) is 13.1 Å². The molecule has 5 heteroatoms. The van der Waals surface area contributed by atoms with E-state index in [1.165, 1.54) is 19.2 Å². The average molecular weight is 182 g/mol. The van der Waals surface area contributed by atoms with Crippen molar-refractivity contribution in [3.8, 4) is 5.75 Å². The molecule has 13 heavy (non-hydrogen) atoms. The van der Waals surface area contributed by atoms with Crippen LogP contribution in [0.25, 0.3) is 0 Å². The SMILES string of the molecule is CC(=O)C=O.Nc1ncccc1O. The van der Waals surface area contributed by atoms with Crippen LogP contribution in [-0.2, 0) is 9.59 Å². The molecular formula is C8H10N2O3. The molecule has 1 rings (SSSR count). The smallest absolute Gasteiger partial charge is 0.192 e. The maximum Gasteiger partial charge on any atom is 0.192 e.